The van der Waals surface area contributed by atoms with Crippen LogP contribution in [0.5, 0.6) is 0 Å². The van der Waals surface area contributed by atoms with Gasteiger partial charge in [0.05, 0.1) is 0 Å². The molecule has 2 aromatic rings. The molecule has 0 atom stereocenters. The number of nitrogens with zero attached hydrogens (tertiary/aromatic N) is 2. The van der Waals surface area contributed by atoms with Gasteiger partial charge in [-0.15, -0.1) is 11.3 Å². The lowest BCUT2D eigenvalue weighted by Crippen LogP contribution is -2.13. The number of hydrogen-bond donors (Lipinski definition) is 1. The van der Waals surface area contributed by atoms with Crippen molar-refractivity contribution in [2.24, 2.45) is 0 Å². The molecule has 0 aliphatic heterocycles. The van der Waals surface area contributed by atoms with Crippen LogP contribution in [0.25, 0.3) is 0 Å². The predicted octanol–water partition coefficient (Wildman–Crippen LogP) is 1.34. The van der Waals surface area contributed by atoms with Crippen LogP contribution in [0.3, 0.4) is 0 Å². The number of nitrogens with one attached hydrogen (secondary N) is 1. The molecule has 78 valence electrons. The van der Waals surface area contributed by atoms with E-state index in [2.05, 4.69) is 14.7 Å². The number of rotatable bonds is 3. The van der Waals surface area contributed by atoms with Gasteiger partial charge in [-0.1, -0.05) is 6.07 Å². The van der Waals surface area contributed by atoms with Gasteiger partial charge in [-0.05, 0) is 12.1 Å². The highest BCUT2D eigenvalue weighted by molar-refractivity contribution is 7.92. The summed E-state index contributed by atoms with van der Waals surface area (Å²) in [5.74, 6) is 0. The van der Waals surface area contributed by atoms with E-state index in [1.165, 1.54) is 29.8 Å². The van der Waals surface area contributed by atoms with E-state index in [0.29, 0.717) is 5.13 Å². The highest BCUT2D eigenvalue weighted by Crippen LogP contribution is 2.15. The average molecular weight is 241 g/mol. The van der Waals surface area contributed by atoms with Gasteiger partial charge in [0, 0.05) is 17.8 Å². The van der Waals surface area contributed by atoms with Gasteiger partial charge in [-0.2, -0.15) is 8.42 Å². The molecule has 0 radical (unpaired) electrons. The SMILES string of the molecule is O=S(=O)(Nc1nccs1)c1ccccn1. The minimum atomic E-state index is -3.60. The summed E-state index contributed by atoms with van der Waals surface area (Å²) in [6.45, 7) is 0. The van der Waals surface area contributed by atoms with Crippen molar-refractivity contribution < 1.29 is 8.42 Å². The van der Waals surface area contributed by atoms with Crippen molar-refractivity contribution in [3.63, 3.8) is 0 Å². The van der Waals surface area contributed by atoms with Gasteiger partial charge in [-0.25, -0.2) is 9.97 Å². The van der Waals surface area contributed by atoms with E-state index in [-0.39, 0.29) is 5.03 Å². The second kappa shape index (κ2) is 3.95. The molecule has 2 heterocycles. The Labute approximate surface area is 90.9 Å². The molecule has 0 fully saturated rings. The summed E-state index contributed by atoms with van der Waals surface area (Å²) in [4.78, 5) is 7.58. The zero-order valence-electron chi connectivity index (χ0n) is 7.49. The highest BCUT2D eigenvalue weighted by Gasteiger charge is 2.15. The Kier molecular flexibility index (Phi) is 2.65. The van der Waals surface area contributed by atoms with Crippen LogP contribution < -0.4 is 4.72 Å². The van der Waals surface area contributed by atoms with E-state index < -0.39 is 10.0 Å². The first-order valence-electron chi connectivity index (χ1n) is 4.02. The zero-order chi connectivity index (χ0) is 10.7. The highest BCUT2D eigenvalue weighted by atomic mass is 32.2. The van der Waals surface area contributed by atoms with Gasteiger partial charge in [0.15, 0.2) is 10.2 Å². The maximum Gasteiger partial charge on any atom is 0.281 e. The summed E-state index contributed by atoms with van der Waals surface area (Å²) in [6, 6.07) is 4.70. The molecule has 0 aliphatic rings. The summed E-state index contributed by atoms with van der Waals surface area (Å²) in [5, 5.41) is 2.01. The first kappa shape index (κ1) is 10.1. The number of pyridine rings is 1. The molecule has 0 saturated heterocycles. The number of anilines is 1. The molecule has 2 rings (SSSR count). The molecule has 2 aromatic heterocycles. The van der Waals surface area contributed by atoms with Gasteiger partial charge in [-0.3, -0.25) is 4.72 Å². The van der Waals surface area contributed by atoms with Crippen LogP contribution >= 0.6 is 11.3 Å². The van der Waals surface area contributed by atoms with E-state index >= 15 is 0 Å². The fourth-order valence-corrected chi connectivity index (χ4v) is 2.69. The van der Waals surface area contributed by atoms with Crippen LogP contribution in [0, 0.1) is 0 Å². The molecule has 5 nitrogen and oxygen atoms in total. The van der Waals surface area contributed by atoms with Gasteiger partial charge in [0.1, 0.15) is 0 Å². The molecule has 0 aromatic carbocycles. The van der Waals surface area contributed by atoms with Crippen molar-refractivity contribution in [2.45, 2.75) is 5.03 Å². The Bertz CT molecular complexity index is 522. The fraction of sp³-hybridized carbons (Fsp3) is 0. The molecular formula is C8H7N3O2S2. The third-order valence-electron chi connectivity index (χ3n) is 1.57. The van der Waals surface area contributed by atoms with Crippen LogP contribution in [0.1, 0.15) is 0 Å². The normalized spacial score (nSPS) is 11.2. The topological polar surface area (TPSA) is 72.0 Å². The molecule has 0 saturated carbocycles. The summed E-state index contributed by atoms with van der Waals surface area (Å²) < 4.78 is 25.7. The Morgan fingerprint density at radius 1 is 1.20 bits per heavy atom. The second-order valence-electron chi connectivity index (χ2n) is 2.61. The Balaban J connectivity index is 2.29. The van der Waals surface area contributed by atoms with Crippen molar-refractivity contribution in [3.8, 4) is 0 Å². The van der Waals surface area contributed by atoms with Gasteiger partial charge in [0.25, 0.3) is 10.0 Å². The van der Waals surface area contributed by atoms with Crippen molar-refractivity contribution in [1.82, 2.24) is 9.97 Å². The molecule has 0 amide bonds. The van der Waals surface area contributed by atoms with Crippen molar-refractivity contribution in [3.05, 3.63) is 36.0 Å². The first-order valence-corrected chi connectivity index (χ1v) is 6.38. The quantitative estimate of drug-likeness (QED) is 0.880. The number of hydrogen-bond acceptors (Lipinski definition) is 5. The third-order valence-corrected chi connectivity index (χ3v) is 3.64. The fourth-order valence-electron chi connectivity index (χ4n) is 0.947. The molecule has 15 heavy (non-hydrogen) atoms. The lowest BCUT2D eigenvalue weighted by atomic mass is 10.5. The summed E-state index contributed by atoms with van der Waals surface area (Å²) in [7, 11) is -3.60. The molecule has 0 spiro atoms. The lowest BCUT2D eigenvalue weighted by Gasteiger charge is -2.02. The van der Waals surface area contributed by atoms with Gasteiger partial charge < -0.3 is 0 Å². The van der Waals surface area contributed by atoms with Crippen LogP contribution in [-0.4, -0.2) is 18.4 Å². The lowest BCUT2D eigenvalue weighted by molar-refractivity contribution is 0.597. The zero-order valence-corrected chi connectivity index (χ0v) is 9.12. The van der Waals surface area contributed by atoms with E-state index in [1.54, 1.807) is 17.5 Å². The molecule has 0 bridgehead atoms. The number of aromatic nitrogens is 2. The average Bonchev–Trinajstić information content (AvgIpc) is 2.71. The van der Waals surface area contributed by atoms with E-state index in [4.69, 9.17) is 0 Å². The van der Waals surface area contributed by atoms with E-state index in [9.17, 15) is 8.42 Å². The standard InChI is InChI=1S/C8H7N3O2S2/c12-15(13,7-3-1-2-4-9-7)11-8-10-5-6-14-8/h1-6H,(H,10,11). The van der Waals surface area contributed by atoms with Crippen molar-refractivity contribution >= 4 is 26.5 Å². The van der Waals surface area contributed by atoms with Gasteiger partial charge >= 0.3 is 0 Å². The van der Waals surface area contributed by atoms with E-state index in [1.807, 2.05) is 0 Å². The molecule has 0 unspecified atom stereocenters. The molecular weight excluding hydrogens is 234 g/mol. The van der Waals surface area contributed by atoms with Crippen LogP contribution in [0.15, 0.2) is 41.0 Å². The Morgan fingerprint density at radius 3 is 2.67 bits per heavy atom. The summed E-state index contributed by atoms with van der Waals surface area (Å²) in [6.07, 6.45) is 2.96. The van der Waals surface area contributed by atoms with Gasteiger partial charge in [0.2, 0.25) is 0 Å². The Hall–Kier alpha value is -1.47. The van der Waals surface area contributed by atoms with Crippen LogP contribution in [0.2, 0.25) is 0 Å². The maximum atomic E-state index is 11.7. The Morgan fingerprint density at radius 2 is 2.07 bits per heavy atom. The van der Waals surface area contributed by atoms with Crippen molar-refractivity contribution in [1.29, 1.82) is 0 Å². The number of thiazole rings is 1. The summed E-state index contributed by atoms with van der Waals surface area (Å²) in [5.41, 5.74) is 0. The smallest absolute Gasteiger partial charge is 0.253 e. The minimum Gasteiger partial charge on any atom is -0.253 e. The summed E-state index contributed by atoms with van der Waals surface area (Å²) >= 11 is 1.22. The third kappa shape index (κ3) is 2.31. The second-order valence-corrected chi connectivity index (χ2v) is 5.13. The number of sulfonamides is 1. The van der Waals surface area contributed by atoms with Crippen molar-refractivity contribution in [2.75, 3.05) is 4.72 Å². The molecule has 7 heteroatoms. The van der Waals surface area contributed by atoms with Crippen LogP contribution in [-0.2, 0) is 10.0 Å². The molecule has 1 N–H and O–H groups in total. The van der Waals surface area contributed by atoms with Crippen LogP contribution in [0.4, 0.5) is 5.13 Å². The monoisotopic (exact) mass is 241 g/mol. The largest absolute Gasteiger partial charge is 0.281 e. The predicted molar refractivity (Wildman–Crippen MR) is 57.2 cm³/mol. The molecule has 0 aliphatic carbocycles. The van der Waals surface area contributed by atoms with E-state index in [0.717, 1.165) is 0 Å². The maximum absolute atomic E-state index is 11.7. The first-order chi connectivity index (χ1) is 7.18. The minimum absolute atomic E-state index is 0.0137.